The molecule has 2 rings (SSSR count). The van der Waals surface area contributed by atoms with Crippen LogP contribution in [0.1, 0.15) is 12.5 Å². The summed E-state index contributed by atoms with van der Waals surface area (Å²) in [6, 6.07) is 1.47. The quantitative estimate of drug-likeness (QED) is 0.884. The summed E-state index contributed by atoms with van der Waals surface area (Å²) in [5.74, 6) is -0.0911. The van der Waals surface area contributed by atoms with Gasteiger partial charge in [-0.15, -0.1) is 0 Å². The fraction of sp³-hybridized carbons (Fsp3) is 0.308. The summed E-state index contributed by atoms with van der Waals surface area (Å²) in [5.41, 5.74) is -1.47. The van der Waals surface area contributed by atoms with E-state index in [9.17, 15) is 18.0 Å². The first-order valence-electron chi connectivity index (χ1n) is 6.43. The second kappa shape index (κ2) is 6.55. The van der Waals surface area contributed by atoms with Crippen molar-refractivity contribution in [1.82, 2.24) is 14.8 Å². The molecule has 23 heavy (non-hydrogen) atoms. The first-order valence-corrected chi connectivity index (χ1v) is 6.80. The van der Waals surface area contributed by atoms with Crippen LogP contribution < -0.4 is 10.9 Å². The number of aliphatic hydroxyl groups excluding tert-OH is 1. The zero-order valence-electron chi connectivity index (χ0n) is 11.8. The lowest BCUT2D eigenvalue weighted by atomic mass is 10.3. The predicted octanol–water partition coefficient (Wildman–Crippen LogP) is 2.09. The number of aliphatic hydroxyl groups is 1. The molecule has 10 heteroatoms. The van der Waals surface area contributed by atoms with E-state index in [2.05, 4.69) is 15.4 Å². The van der Waals surface area contributed by atoms with Gasteiger partial charge in [0.25, 0.3) is 5.56 Å². The second-order valence-corrected chi connectivity index (χ2v) is 5.10. The number of anilines is 1. The molecule has 0 aliphatic heterocycles. The van der Waals surface area contributed by atoms with Gasteiger partial charge in [-0.2, -0.15) is 23.0 Å². The van der Waals surface area contributed by atoms with Crippen molar-refractivity contribution in [3.63, 3.8) is 0 Å². The molecular weight excluding hydrogens is 337 g/mol. The first-order chi connectivity index (χ1) is 10.7. The van der Waals surface area contributed by atoms with Crippen LogP contribution in [-0.4, -0.2) is 32.5 Å². The highest BCUT2D eigenvalue weighted by molar-refractivity contribution is 6.32. The van der Waals surface area contributed by atoms with Gasteiger partial charge < -0.3 is 10.4 Å². The van der Waals surface area contributed by atoms with Crippen molar-refractivity contribution in [2.75, 3.05) is 11.9 Å². The van der Waals surface area contributed by atoms with Gasteiger partial charge in [-0.05, 0) is 19.1 Å². The van der Waals surface area contributed by atoms with Crippen LogP contribution in [0.4, 0.5) is 18.9 Å². The molecule has 0 amide bonds. The van der Waals surface area contributed by atoms with Crippen molar-refractivity contribution in [1.29, 1.82) is 0 Å². The van der Waals surface area contributed by atoms with E-state index in [1.807, 2.05) is 0 Å². The molecule has 2 N–H and O–H groups in total. The Morgan fingerprint density at radius 2 is 2.09 bits per heavy atom. The van der Waals surface area contributed by atoms with Gasteiger partial charge in [-0.25, -0.2) is 4.98 Å². The minimum Gasteiger partial charge on any atom is -0.394 e. The third-order valence-corrected chi connectivity index (χ3v) is 3.25. The van der Waals surface area contributed by atoms with Gasteiger partial charge in [-0.1, -0.05) is 11.6 Å². The number of aromatic nitrogens is 3. The van der Waals surface area contributed by atoms with Gasteiger partial charge in [0.15, 0.2) is 5.82 Å². The first kappa shape index (κ1) is 17.2. The SMILES string of the molecule is C[C@H](CO)Nc1cnn(-c2ccc(C(F)(F)F)cn2)c(=O)c1Cl. The predicted molar refractivity (Wildman–Crippen MR) is 77.8 cm³/mol. The molecule has 2 aromatic heterocycles. The number of nitrogens with one attached hydrogen (secondary N) is 1. The summed E-state index contributed by atoms with van der Waals surface area (Å²) < 4.78 is 38.3. The number of hydrogen-bond acceptors (Lipinski definition) is 5. The van der Waals surface area contributed by atoms with Gasteiger partial charge in [-0.3, -0.25) is 4.79 Å². The smallest absolute Gasteiger partial charge is 0.394 e. The van der Waals surface area contributed by atoms with Crippen LogP contribution in [0.5, 0.6) is 0 Å². The van der Waals surface area contributed by atoms with Crippen molar-refractivity contribution in [3.8, 4) is 5.82 Å². The average molecular weight is 349 g/mol. The molecule has 1 atom stereocenters. The lowest BCUT2D eigenvalue weighted by Crippen LogP contribution is -2.26. The molecule has 0 spiro atoms. The number of nitrogens with zero attached hydrogens (tertiary/aromatic N) is 3. The van der Waals surface area contributed by atoms with Crippen LogP contribution in [-0.2, 0) is 6.18 Å². The van der Waals surface area contributed by atoms with Crippen molar-refractivity contribution < 1.29 is 18.3 Å². The number of halogens is 4. The fourth-order valence-electron chi connectivity index (χ4n) is 1.69. The standard InChI is InChI=1S/C13H12ClF3N4O2/c1-7(6-22)20-9-5-19-21(12(23)11(9)14)10-3-2-8(4-18-10)13(15,16)17/h2-5,7,20,22H,6H2,1H3/t7-/m1/s1. The summed E-state index contributed by atoms with van der Waals surface area (Å²) >= 11 is 5.93. The molecular formula is C13H12ClF3N4O2. The van der Waals surface area contributed by atoms with Crippen LogP contribution in [0.3, 0.4) is 0 Å². The third-order valence-electron chi connectivity index (χ3n) is 2.89. The molecule has 0 aliphatic carbocycles. The molecule has 2 heterocycles. The maximum atomic E-state index is 12.5. The number of rotatable bonds is 4. The number of pyridine rings is 1. The Bertz CT molecular complexity index is 746. The normalized spacial score (nSPS) is 13.0. The third kappa shape index (κ3) is 3.80. The summed E-state index contributed by atoms with van der Waals surface area (Å²) in [6.07, 6.45) is -2.68. The minimum atomic E-state index is -4.52. The molecule has 0 unspecified atom stereocenters. The lowest BCUT2D eigenvalue weighted by molar-refractivity contribution is -0.137. The molecule has 0 aliphatic rings. The van der Waals surface area contributed by atoms with Crippen molar-refractivity contribution in [2.24, 2.45) is 0 Å². The second-order valence-electron chi connectivity index (χ2n) is 4.72. The van der Waals surface area contributed by atoms with E-state index in [1.54, 1.807) is 6.92 Å². The van der Waals surface area contributed by atoms with Crippen LogP contribution >= 0.6 is 11.6 Å². The number of hydrogen-bond donors (Lipinski definition) is 2. The highest BCUT2D eigenvalue weighted by Gasteiger charge is 2.30. The maximum absolute atomic E-state index is 12.5. The topological polar surface area (TPSA) is 80.0 Å². The molecule has 124 valence electrons. The molecule has 2 aromatic rings. The van der Waals surface area contributed by atoms with Crippen molar-refractivity contribution in [3.05, 3.63) is 45.5 Å². The Morgan fingerprint density at radius 3 is 2.61 bits per heavy atom. The van der Waals surface area contributed by atoms with E-state index in [0.29, 0.717) is 6.20 Å². The largest absolute Gasteiger partial charge is 0.417 e. The highest BCUT2D eigenvalue weighted by Crippen LogP contribution is 2.28. The molecule has 0 saturated carbocycles. The van der Waals surface area contributed by atoms with Crippen LogP contribution in [0.15, 0.2) is 29.3 Å². The van der Waals surface area contributed by atoms with Gasteiger partial charge in [0.1, 0.15) is 5.02 Å². The van der Waals surface area contributed by atoms with Gasteiger partial charge in [0.05, 0.1) is 24.1 Å². The summed E-state index contributed by atoms with van der Waals surface area (Å²) in [7, 11) is 0. The Hall–Kier alpha value is -2.13. The fourth-order valence-corrected chi connectivity index (χ4v) is 1.87. The Balaban J connectivity index is 2.38. The van der Waals surface area contributed by atoms with Crippen molar-refractivity contribution >= 4 is 17.3 Å². The summed E-state index contributed by atoms with van der Waals surface area (Å²) in [6.45, 7) is 1.49. The monoisotopic (exact) mass is 348 g/mol. The van der Waals surface area contributed by atoms with Gasteiger partial charge in [0.2, 0.25) is 0 Å². The molecule has 0 bridgehead atoms. The maximum Gasteiger partial charge on any atom is 0.417 e. The van der Waals surface area contributed by atoms with E-state index in [4.69, 9.17) is 16.7 Å². The minimum absolute atomic E-state index is 0.0911. The molecule has 0 radical (unpaired) electrons. The van der Waals surface area contributed by atoms with Gasteiger partial charge in [0, 0.05) is 12.2 Å². The zero-order chi connectivity index (χ0) is 17.2. The highest BCUT2D eigenvalue weighted by atomic mass is 35.5. The Morgan fingerprint density at radius 1 is 1.39 bits per heavy atom. The molecule has 0 aromatic carbocycles. The van der Waals surface area contributed by atoms with Gasteiger partial charge >= 0.3 is 6.18 Å². The zero-order valence-corrected chi connectivity index (χ0v) is 12.6. The Kier molecular flexibility index (Phi) is 4.90. The van der Waals surface area contributed by atoms with Crippen LogP contribution in [0.2, 0.25) is 5.02 Å². The summed E-state index contributed by atoms with van der Waals surface area (Å²) in [4.78, 5) is 15.7. The van der Waals surface area contributed by atoms with Crippen molar-refractivity contribution in [2.45, 2.75) is 19.1 Å². The average Bonchev–Trinajstić information content (AvgIpc) is 2.51. The van der Waals surface area contributed by atoms with E-state index in [-0.39, 0.29) is 29.2 Å². The van der Waals surface area contributed by atoms with E-state index >= 15 is 0 Å². The number of alkyl halides is 3. The molecule has 0 fully saturated rings. The van der Waals surface area contributed by atoms with Crippen LogP contribution in [0, 0.1) is 0 Å². The Labute approximate surface area is 133 Å². The molecule has 0 saturated heterocycles. The van der Waals surface area contributed by atoms with Crippen LogP contribution in [0.25, 0.3) is 5.82 Å². The lowest BCUT2D eigenvalue weighted by Gasteiger charge is -2.14. The molecule has 6 nitrogen and oxygen atoms in total. The van der Waals surface area contributed by atoms with E-state index in [0.717, 1.165) is 16.8 Å². The summed E-state index contributed by atoms with van der Waals surface area (Å²) in [5, 5.41) is 15.4. The van der Waals surface area contributed by atoms with E-state index < -0.39 is 17.3 Å². The van der Waals surface area contributed by atoms with E-state index in [1.165, 1.54) is 6.20 Å².